The van der Waals surface area contributed by atoms with Crippen LogP contribution in [-0.2, 0) is 11.3 Å². The van der Waals surface area contributed by atoms with Crippen LogP contribution in [0.1, 0.15) is 12.5 Å². The summed E-state index contributed by atoms with van der Waals surface area (Å²) in [6.07, 6.45) is 5.18. The fraction of sp³-hybridized carbons (Fsp3) is 0.286. The molecule has 3 aromatic rings. The van der Waals surface area contributed by atoms with Crippen molar-refractivity contribution in [2.24, 2.45) is 0 Å². The number of piperazine rings is 1. The Morgan fingerprint density at radius 3 is 2.54 bits per heavy atom. The van der Waals surface area contributed by atoms with Crippen molar-refractivity contribution < 1.29 is 13.9 Å². The third-order valence-corrected chi connectivity index (χ3v) is 5.00. The summed E-state index contributed by atoms with van der Waals surface area (Å²) in [5, 5.41) is 0. The molecule has 28 heavy (non-hydrogen) atoms. The number of carbonyl (C=O) groups excluding carboxylic acids is 1. The van der Waals surface area contributed by atoms with Crippen LogP contribution in [0.25, 0.3) is 11.6 Å². The van der Waals surface area contributed by atoms with Gasteiger partial charge in [-0.1, -0.05) is 0 Å². The second kappa shape index (κ2) is 7.82. The number of furan rings is 1. The number of anilines is 1. The lowest BCUT2D eigenvalue weighted by Crippen LogP contribution is -2.55. The average molecular weight is 378 g/mol. The van der Waals surface area contributed by atoms with Gasteiger partial charge in [0.05, 0.1) is 19.4 Å². The Hall–Kier alpha value is -3.19. The van der Waals surface area contributed by atoms with E-state index in [4.69, 9.17) is 9.15 Å². The molecule has 1 aromatic carbocycles. The first-order valence-electron chi connectivity index (χ1n) is 9.20. The van der Waals surface area contributed by atoms with Crippen molar-refractivity contribution in [3.05, 3.63) is 60.6 Å². The summed E-state index contributed by atoms with van der Waals surface area (Å²) < 4.78 is 10.5. The van der Waals surface area contributed by atoms with Crippen LogP contribution < -0.4 is 9.64 Å². The van der Waals surface area contributed by atoms with Crippen molar-refractivity contribution >= 4 is 11.6 Å². The van der Waals surface area contributed by atoms with E-state index in [1.165, 1.54) is 0 Å². The van der Waals surface area contributed by atoms with Gasteiger partial charge in [-0.25, -0.2) is 9.97 Å². The molecule has 1 amide bonds. The molecule has 4 rings (SSSR count). The minimum Gasteiger partial charge on any atom is -0.497 e. The van der Waals surface area contributed by atoms with Gasteiger partial charge in [-0.05, 0) is 43.3 Å². The summed E-state index contributed by atoms with van der Waals surface area (Å²) in [6.45, 7) is 3.98. The van der Waals surface area contributed by atoms with Gasteiger partial charge in [0.15, 0.2) is 11.6 Å². The molecule has 0 N–H and O–H groups in total. The Morgan fingerprint density at radius 2 is 1.89 bits per heavy atom. The average Bonchev–Trinajstić information content (AvgIpc) is 3.27. The van der Waals surface area contributed by atoms with Gasteiger partial charge in [-0.2, -0.15) is 0 Å². The molecule has 1 aliphatic rings. The molecule has 1 unspecified atom stereocenters. The largest absolute Gasteiger partial charge is 0.497 e. The number of amides is 1. The maximum absolute atomic E-state index is 12.9. The number of nitrogens with zero attached hydrogens (tertiary/aromatic N) is 4. The zero-order valence-electron chi connectivity index (χ0n) is 15.9. The Morgan fingerprint density at radius 1 is 1.14 bits per heavy atom. The van der Waals surface area contributed by atoms with Crippen LogP contribution in [0, 0.1) is 0 Å². The number of methoxy groups -OCH3 is 1. The topological polar surface area (TPSA) is 71.7 Å². The Bertz CT molecular complexity index is 923. The lowest BCUT2D eigenvalue weighted by Gasteiger charge is -2.39. The van der Waals surface area contributed by atoms with E-state index in [9.17, 15) is 4.79 Å². The first kappa shape index (κ1) is 18.2. The second-order valence-electron chi connectivity index (χ2n) is 6.73. The third kappa shape index (κ3) is 3.61. The quantitative estimate of drug-likeness (QED) is 0.680. The number of benzene rings is 1. The zero-order chi connectivity index (χ0) is 19.5. The van der Waals surface area contributed by atoms with E-state index in [1.54, 1.807) is 25.8 Å². The molecule has 0 aliphatic carbocycles. The van der Waals surface area contributed by atoms with Gasteiger partial charge in [0.1, 0.15) is 5.75 Å². The van der Waals surface area contributed by atoms with E-state index in [-0.39, 0.29) is 11.9 Å². The molecule has 2 aromatic heterocycles. The van der Waals surface area contributed by atoms with Gasteiger partial charge in [0.25, 0.3) is 0 Å². The highest BCUT2D eigenvalue weighted by Crippen LogP contribution is 2.24. The first-order chi connectivity index (χ1) is 13.7. The standard InChI is InChI=1S/C21H22N4O3/c1-15-21(26)25(17-5-7-18(27-2)8-6-17)10-9-24(15)14-16-12-22-20(23-13-16)19-4-3-11-28-19/h3-8,11-13,15H,9-10,14H2,1-2H3. The van der Waals surface area contributed by atoms with Gasteiger partial charge in [0.2, 0.25) is 5.91 Å². The fourth-order valence-corrected chi connectivity index (χ4v) is 3.35. The van der Waals surface area contributed by atoms with Crippen LogP contribution in [0.2, 0.25) is 0 Å². The summed E-state index contributed by atoms with van der Waals surface area (Å²) >= 11 is 0. The summed E-state index contributed by atoms with van der Waals surface area (Å²) in [7, 11) is 1.63. The van der Waals surface area contributed by atoms with Gasteiger partial charge in [0, 0.05) is 43.3 Å². The van der Waals surface area contributed by atoms with E-state index in [0.29, 0.717) is 24.7 Å². The zero-order valence-corrected chi connectivity index (χ0v) is 15.9. The molecule has 1 aliphatic heterocycles. The maximum Gasteiger partial charge on any atom is 0.244 e. The lowest BCUT2D eigenvalue weighted by atomic mass is 10.1. The summed E-state index contributed by atoms with van der Waals surface area (Å²) in [4.78, 5) is 25.6. The van der Waals surface area contributed by atoms with Crippen molar-refractivity contribution in [3.63, 3.8) is 0 Å². The number of hydrogen-bond donors (Lipinski definition) is 0. The molecule has 7 nitrogen and oxygen atoms in total. The minimum absolute atomic E-state index is 0.0875. The van der Waals surface area contributed by atoms with Crippen molar-refractivity contribution in [3.8, 4) is 17.3 Å². The molecule has 1 saturated heterocycles. The summed E-state index contributed by atoms with van der Waals surface area (Å²) in [5.74, 6) is 2.07. The van der Waals surface area contributed by atoms with E-state index in [0.717, 1.165) is 23.5 Å². The highest BCUT2D eigenvalue weighted by molar-refractivity contribution is 5.97. The van der Waals surface area contributed by atoms with Gasteiger partial charge >= 0.3 is 0 Å². The monoisotopic (exact) mass is 378 g/mol. The van der Waals surface area contributed by atoms with Gasteiger partial charge in [-0.3, -0.25) is 9.69 Å². The molecule has 3 heterocycles. The molecule has 0 saturated carbocycles. The van der Waals surface area contributed by atoms with E-state index < -0.39 is 0 Å². The normalized spacial score (nSPS) is 17.7. The van der Waals surface area contributed by atoms with Crippen molar-refractivity contribution in [1.82, 2.24) is 14.9 Å². The maximum atomic E-state index is 12.9. The predicted molar refractivity (Wildman–Crippen MR) is 105 cm³/mol. The van der Waals surface area contributed by atoms with Crippen molar-refractivity contribution in [2.45, 2.75) is 19.5 Å². The number of rotatable bonds is 5. The van der Waals surface area contributed by atoms with Gasteiger partial charge in [-0.15, -0.1) is 0 Å². The molecule has 144 valence electrons. The van der Waals surface area contributed by atoms with Crippen molar-refractivity contribution in [2.75, 3.05) is 25.1 Å². The lowest BCUT2D eigenvalue weighted by molar-refractivity contribution is -0.125. The smallest absolute Gasteiger partial charge is 0.244 e. The van der Waals surface area contributed by atoms with E-state index in [2.05, 4.69) is 14.9 Å². The van der Waals surface area contributed by atoms with Crippen LogP contribution in [0.3, 0.4) is 0 Å². The highest BCUT2D eigenvalue weighted by atomic mass is 16.5. The Kier molecular flexibility index (Phi) is 5.08. The molecule has 7 heteroatoms. The molecular formula is C21H22N4O3. The second-order valence-corrected chi connectivity index (χ2v) is 6.73. The number of carbonyl (C=O) groups is 1. The summed E-state index contributed by atoms with van der Waals surface area (Å²) in [6, 6.07) is 11.0. The molecule has 1 atom stereocenters. The Labute approximate surface area is 163 Å². The Balaban J connectivity index is 1.42. The molecule has 1 fully saturated rings. The van der Waals surface area contributed by atoms with Crippen LogP contribution in [0.4, 0.5) is 5.69 Å². The van der Waals surface area contributed by atoms with Crippen LogP contribution >= 0.6 is 0 Å². The van der Waals surface area contributed by atoms with Crippen molar-refractivity contribution in [1.29, 1.82) is 0 Å². The predicted octanol–water partition coefficient (Wildman–Crippen LogP) is 2.98. The fourth-order valence-electron chi connectivity index (χ4n) is 3.35. The number of hydrogen-bond acceptors (Lipinski definition) is 6. The third-order valence-electron chi connectivity index (χ3n) is 5.00. The number of aromatic nitrogens is 2. The molecule has 0 spiro atoms. The molecular weight excluding hydrogens is 356 g/mol. The van der Waals surface area contributed by atoms with E-state index in [1.807, 2.05) is 48.2 Å². The highest BCUT2D eigenvalue weighted by Gasteiger charge is 2.32. The molecule has 0 bridgehead atoms. The van der Waals surface area contributed by atoms with Gasteiger partial charge < -0.3 is 14.1 Å². The summed E-state index contributed by atoms with van der Waals surface area (Å²) in [5.41, 5.74) is 1.86. The minimum atomic E-state index is -0.222. The van der Waals surface area contributed by atoms with Crippen LogP contribution in [-0.4, -0.2) is 47.0 Å². The number of ether oxygens (including phenoxy) is 1. The first-order valence-corrected chi connectivity index (χ1v) is 9.20. The molecule has 0 radical (unpaired) electrons. The van der Waals surface area contributed by atoms with E-state index >= 15 is 0 Å². The van der Waals surface area contributed by atoms with Crippen LogP contribution in [0.5, 0.6) is 5.75 Å². The van der Waals surface area contributed by atoms with Crippen LogP contribution in [0.15, 0.2) is 59.5 Å². The SMILES string of the molecule is COc1ccc(N2CCN(Cc3cnc(-c4ccco4)nc3)C(C)C2=O)cc1.